The molecule has 1 aromatic carbocycles. The zero-order valence-corrected chi connectivity index (χ0v) is 14.3. The molecule has 25 heavy (non-hydrogen) atoms. The van der Waals surface area contributed by atoms with Gasteiger partial charge in [0.1, 0.15) is 21.7 Å². The van der Waals surface area contributed by atoms with Crippen LogP contribution in [0.5, 0.6) is 0 Å². The number of anilines is 1. The average molecular weight is 381 g/mol. The number of aromatic nitrogens is 4. The number of hydrogen-bond donors (Lipinski definition) is 2. The molecule has 0 fully saturated rings. The maximum absolute atomic E-state index is 13.0. The molecule has 2 aromatic heterocycles. The Morgan fingerprint density at radius 3 is 2.76 bits per heavy atom. The molecular formula is C15H11Cl2FN6O. The SMILES string of the molecule is Cc1nn(-c2ccc(F)cc2)c(Cl)c1/C=N\Nc1cn[nH]c(=O)c1Cl. The molecule has 7 nitrogen and oxygen atoms in total. The lowest BCUT2D eigenvalue weighted by Gasteiger charge is -2.02. The number of hydrazone groups is 1. The van der Waals surface area contributed by atoms with Gasteiger partial charge in [0.25, 0.3) is 5.56 Å². The first-order valence-electron chi connectivity index (χ1n) is 7.00. The van der Waals surface area contributed by atoms with Gasteiger partial charge in [-0.25, -0.2) is 14.2 Å². The smallest absolute Gasteiger partial charge is 0.275 e. The molecule has 3 rings (SSSR count). The summed E-state index contributed by atoms with van der Waals surface area (Å²) in [6, 6.07) is 5.77. The molecule has 0 aliphatic rings. The monoisotopic (exact) mass is 380 g/mol. The summed E-state index contributed by atoms with van der Waals surface area (Å²) in [6.45, 7) is 1.76. The molecule has 0 atom stereocenters. The molecule has 0 unspecified atom stereocenters. The molecule has 0 saturated carbocycles. The molecule has 0 aliphatic carbocycles. The van der Waals surface area contributed by atoms with E-state index in [2.05, 4.69) is 25.8 Å². The molecule has 128 valence electrons. The zero-order valence-electron chi connectivity index (χ0n) is 12.8. The average Bonchev–Trinajstić information content (AvgIpc) is 2.87. The third kappa shape index (κ3) is 3.54. The van der Waals surface area contributed by atoms with Crippen molar-refractivity contribution in [1.82, 2.24) is 20.0 Å². The van der Waals surface area contributed by atoms with Crippen LogP contribution in [0.2, 0.25) is 10.2 Å². The zero-order chi connectivity index (χ0) is 18.0. The molecule has 0 amide bonds. The fourth-order valence-electron chi connectivity index (χ4n) is 2.04. The van der Waals surface area contributed by atoms with Crippen molar-refractivity contribution in [2.24, 2.45) is 5.10 Å². The molecule has 2 N–H and O–H groups in total. The van der Waals surface area contributed by atoms with Crippen LogP contribution < -0.4 is 11.0 Å². The highest BCUT2D eigenvalue weighted by Gasteiger charge is 2.13. The van der Waals surface area contributed by atoms with Crippen molar-refractivity contribution in [2.75, 3.05) is 5.43 Å². The van der Waals surface area contributed by atoms with Gasteiger partial charge in [-0.1, -0.05) is 23.2 Å². The van der Waals surface area contributed by atoms with Crippen LogP contribution in [0.25, 0.3) is 5.69 Å². The first-order chi connectivity index (χ1) is 12.0. The Balaban J connectivity index is 1.87. The summed E-state index contributed by atoms with van der Waals surface area (Å²) < 4.78 is 14.5. The van der Waals surface area contributed by atoms with Crippen LogP contribution in [0.15, 0.2) is 40.4 Å². The normalized spacial score (nSPS) is 11.2. The summed E-state index contributed by atoms with van der Waals surface area (Å²) >= 11 is 12.2. The minimum atomic E-state index is -0.528. The Kier molecular flexibility index (Phi) is 4.82. The topological polar surface area (TPSA) is 88.0 Å². The lowest BCUT2D eigenvalue weighted by molar-refractivity contribution is 0.627. The van der Waals surface area contributed by atoms with Crippen LogP contribution in [0.4, 0.5) is 10.1 Å². The molecule has 0 bridgehead atoms. The Morgan fingerprint density at radius 1 is 1.32 bits per heavy atom. The van der Waals surface area contributed by atoms with E-state index < -0.39 is 5.56 Å². The second kappa shape index (κ2) is 7.04. The van der Waals surface area contributed by atoms with E-state index in [0.29, 0.717) is 22.1 Å². The third-order valence-electron chi connectivity index (χ3n) is 3.29. The van der Waals surface area contributed by atoms with Gasteiger partial charge in [0, 0.05) is 0 Å². The summed E-state index contributed by atoms with van der Waals surface area (Å²) in [5.74, 6) is -0.349. The number of halogens is 3. The lowest BCUT2D eigenvalue weighted by atomic mass is 10.3. The highest BCUT2D eigenvalue weighted by molar-refractivity contribution is 6.33. The predicted molar refractivity (Wildman–Crippen MR) is 94.4 cm³/mol. The largest absolute Gasteiger partial charge is 0.285 e. The second-order valence-electron chi connectivity index (χ2n) is 4.97. The number of aromatic amines is 1. The first kappa shape index (κ1) is 17.1. The van der Waals surface area contributed by atoms with Gasteiger partial charge in [0.2, 0.25) is 0 Å². The fourth-order valence-corrected chi connectivity index (χ4v) is 2.49. The van der Waals surface area contributed by atoms with E-state index in [0.717, 1.165) is 0 Å². The Labute approximate surface area is 151 Å². The van der Waals surface area contributed by atoms with Gasteiger partial charge in [-0.3, -0.25) is 10.2 Å². The third-order valence-corrected chi connectivity index (χ3v) is 4.03. The lowest BCUT2D eigenvalue weighted by Crippen LogP contribution is -2.10. The van der Waals surface area contributed by atoms with E-state index in [1.807, 2.05) is 0 Å². The highest BCUT2D eigenvalue weighted by Crippen LogP contribution is 2.22. The summed E-state index contributed by atoms with van der Waals surface area (Å²) in [6.07, 6.45) is 2.78. The molecule has 3 aromatic rings. The molecule has 10 heteroatoms. The van der Waals surface area contributed by atoms with Gasteiger partial charge in [-0.2, -0.15) is 15.3 Å². The first-order valence-corrected chi connectivity index (χ1v) is 7.76. The van der Waals surface area contributed by atoms with Gasteiger partial charge >= 0.3 is 0 Å². The van der Waals surface area contributed by atoms with Crippen molar-refractivity contribution in [3.63, 3.8) is 0 Å². The highest BCUT2D eigenvalue weighted by atomic mass is 35.5. The Morgan fingerprint density at radius 2 is 2.04 bits per heavy atom. The summed E-state index contributed by atoms with van der Waals surface area (Å²) in [4.78, 5) is 11.4. The van der Waals surface area contributed by atoms with Gasteiger partial charge in [0.15, 0.2) is 0 Å². The van der Waals surface area contributed by atoms with Crippen LogP contribution >= 0.6 is 23.2 Å². The number of hydrogen-bond acceptors (Lipinski definition) is 5. The summed E-state index contributed by atoms with van der Waals surface area (Å²) in [5.41, 5.74) is 4.14. The number of rotatable bonds is 4. The van der Waals surface area contributed by atoms with Crippen LogP contribution in [0.3, 0.4) is 0 Å². The van der Waals surface area contributed by atoms with Crippen LogP contribution in [-0.2, 0) is 0 Å². The minimum Gasteiger partial charge on any atom is -0.275 e. The van der Waals surface area contributed by atoms with Gasteiger partial charge < -0.3 is 0 Å². The van der Waals surface area contributed by atoms with E-state index in [4.69, 9.17) is 23.2 Å². The van der Waals surface area contributed by atoms with Crippen LogP contribution in [0, 0.1) is 12.7 Å². The van der Waals surface area contributed by atoms with Gasteiger partial charge in [-0.05, 0) is 31.2 Å². The van der Waals surface area contributed by atoms with E-state index in [-0.39, 0.29) is 16.5 Å². The molecule has 0 spiro atoms. The van der Waals surface area contributed by atoms with Crippen molar-refractivity contribution in [3.8, 4) is 5.69 Å². The summed E-state index contributed by atoms with van der Waals surface area (Å²) in [7, 11) is 0. The number of H-pyrrole nitrogens is 1. The van der Waals surface area contributed by atoms with Gasteiger partial charge in [0.05, 0.1) is 29.4 Å². The fraction of sp³-hybridized carbons (Fsp3) is 0.0667. The quantitative estimate of drug-likeness (QED) is 0.537. The van der Waals surface area contributed by atoms with E-state index >= 15 is 0 Å². The van der Waals surface area contributed by atoms with E-state index in [1.54, 1.807) is 19.1 Å². The van der Waals surface area contributed by atoms with Crippen molar-refractivity contribution in [1.29, 1.82) is 0 Å². The molecule has 0 radical (unpaired) electrons. The number of aryl methyl sites for hydroxylation is 1. The summed E-state index contributed by atoms with van der Waals surface area (Å²) in [5, 5.41) is 14.4. The van der Waals surface area contributed by atoms with Crippen molar-refractivity contribution in [3.05, 3.63) is 68.1 Å². The maximum atomic E-state index is 13.0. The number of nitrogens with one attached hydrogen (secondary N) is 2. The van der Waals surface area contributed by atoms with E-state index in [9.17, 15) is 9.18 Å². The van der Waals surface area contributed by atoms with Crippen LogP contribution in [-0.4, -0.2) is 26.2 Å². The Hall–Kier alpha value is -2.71. The molecular weight excluding hydrogens is 370 g/mol. The number of nitrogens with zero attached hydrogens (tertiary/aromatic N) is 4. The van der Waals surface area contributed by atoms with Crippen molar-refractivity contribution >= 4 is 35.1 Å². The van der Waals surface area contributed by atoms with Crippen molar-refractivity contribution in [2.45, 2.75) is 6.92 Å². The molecule has 2 heterocycles. The predicted octanol–water partition coefficient (Wildman–Crippen LogP) is 3.16. The van der Waals surface area contributed by atoms with E-state index in [1.165, 1.54) is 29.2 Å². The van der Waals surface area contributed by atoms with Crippen molar-refractivity contribution < 1.29 is 4.39 Å². The van der Waals surface area contributed by atoms with Crippen LogP contribution in [0.1, 0.15) is 11.3 Å². The standard InChI is InChI=1S/C15H11Cl2FN6O/c1-8-11(6-19-21-12-7-20-22-15(25)13(12)16)14(17)24(23-8)10-4-2-9(18)3-5-10/h2-7H,1H3,(H2,21,22,25)/b19-6-. The maximum Gasteiger partial charge on any atom is 0.285 e. The number of benzene rings is 1. The Bertz CT molecular complexity index is 996. The minimum absolute atomic E-state index is 0.0584. The second-order valence-corrected chi connectivity index (χ2v) is 5.71. The van der Waals surface area contributed by atoms with Gasteiger partial charge in [-0.15, -0.1) is 0 Å². The molecule has 0 saturated heterocycles. The molecule has 0 aliphatic heterocycles.